The Morgan fingerprint density at radius 3 is 2.50 bits per heavy atom. The Bertz CT molecular complexity index is 890. The van der Waals surface area contributed by atoms with E-state index in [1.807, 2.05) is 31.2 Å². The number of rotatable bonds is 5. The molecule has 0 radical (unpaired) electrons. The SMILES string of the molecule is Cc1ccccc1CCn1c(=O)ccn([C@@H]2O[C@H](CO)[C@@H](O)[C@H]2O)c1=O. The van der Waals surface area contributed by atoms with Crippen LogP contribution in [0.2, 0.25) is 0 Å². The van der Waals surface area contributed by atoms with Gasteiger partial charge in [0, 0.05) is 18.8 Å². The summed E-state index contributed by atoms with van der Waals surface area (Å²) in [6.07, 6.45) is -3.12. The lowest BCUT2D eigenvalue weighted by Gasteiger charge is -2.18. The van der Waals surface area contributed by atoms with E-state index >= 15 is 0 Å². The number of benzene rings is 1. The summed E-state index contributed by atoms with van der Waals surface area (Å²) in [6.45, 7) is 1.65. The average Bonchev–Trinajstić information content (AvgIpc) is 2.91. The first kappa shape index (κ1) is 18.5. The number of aromatic nitrogens is 2. The molecule has 1 aliphatic rings. The lowest BCUT2D eigenvalue weighted by atomic mass is 10.1. The van der Waals surface area contributed by atoms with Crippen LogP contribution in [0.4, 0.5) is 0 Å². The maximum absolute atomic E-state index is 12.7. The van der Waals surface area contributed by atoms with E-state index in [0.717, 1.165) is 20.3 Å². The normalized spacial score (nSPS) is 25.5. The molecule has 0 amide bonds. The number of aliphatic hydroxyl groups excluding tert-OH is 3. The van der Waals surface area contributed by atoms with Crippen LogP contribution in [0.3, 0.4) is 0 Å². The van der Waals surface area contributed by atoms with E-state index in [1.165, 1.54) is 12.3 Å². The standard InChI is InChI=1S/C18H22N2O6/c1-11-4-2-3-5-12(11)6-8-19-14(22)7-9-20(18(19)25)17-16(24)15(23)13(10-21)26-17/h2-5,7,9,13,15-17,21,23-24H,6,8,10H2,1H3/t13-,15-,16-,17-/m1/s1. The van der Waals surface area contributed by atoms with Crippen molar-refractivity contribution in [3.05, 3.63) is 68.5 Å². The maximum atomic E-state index is 12.7. The highest BCUT2D eigenvalue weighted by molar-refractivity contribution is 5.25. The van der Waals surface area contributed by atoms with Gasteiger partial charge in [-0.1, -0.05) is 24.3 Å². The van der Waals surface area contributed by atoms with Crippen molar-refractivity contribution >= 4 is 0 Å². The molecule has 0 aliphatic carbocycles. The fourth-order valence-corrected chi connectivity index (χ4v) is 3.16. The summed E-state index contributed by atoms with van der Waals surface area (Å²) in [5, 5.41) is 29.2. The number of hydrogen-bond donors (Lipinski definition) is 3. The van der Waals surface area contributed by atoms with Crippen molar-refractivity contribution < 1.29 is 20.1 Å². The first-order chi connectivity index (χ1) is 12.4. The topological polar surface area (TPSA) is 114 Å². The Balaban J connectivity index is 1.89. The van der Waals surface area contributed by atoms with E-state index in [9.17, 15) is 24.9 Å². The van der Waals surface area contributed by atoms with Gasteiger partial charge in [0.1, 0.15) is 18.3 Å². The van der Waals surface area contributed by atoms with Gasteiger partial charge in [0.2, 0.25) is 0 Å². The molecule has 0 bridgehead atoms. The predicted molar refractivity (Wildman–Crippen MR) is 92.9 cm³/mol. The van der Waals surface area contributed by atoms with Crippen molar-refractivity contribution in [2.75, 3.05) is 6.61 Å². The van der Waals surface area contributed by atoms with Crippen LogP contribution in [0.15, 0.2) is 46.1 Å². The minimum absolute atomic E-state index is 0.179. The highest BCUT2D eigenvalue weighted by Gasteiger charge is 2.43. The van der Waals surface area contributed by atoms with Crippen LogP contribution in [-0.4, -0.2) is 49.4 Å². The fraction of sp³-hybridized carbons (Fsp3) is 0.444. The summed E-state index contributed by atoms with van der Waals surface area (Å²) in [4.78, 5) is 24.9. The second-order valence-electron chi connectivity index (χ2n) is 6.40. The van der Waals surface area contributed by atoms with E-state index in [4.69, 9.17) is 4.74 Å². The minimum atomic E-state index is -1.38. The highest BCUT2D eigenvalue weighted by atomic mass is 16.6. The van der Waals surface area contributed by atoms with Crippen molar-refractivity contribution in [2.45, 2.75) is 44.4 Å². The minimum Gasteiger partial charge on any atom is -0.394 e. The Hall–Kier alpha value is -2.26. The molecule has 1 fully saturated rings. The molecule has 0 spiro atoms. The molecule has 1 aliphatic heterocycles. The molecule has 0 unspecified atom stereocenters. The molecule has 4 atom stereocenters. The molecule has 3 rings (SSSR count). The number of aliphatic hydroxyl groups is 3. The molecular weight excluding hydrogens is 340 g/mol. The lowest BCUT2D eigenvalue weighted by molar-refractivity contribution is -0.0556. The van der Waals surface area contributed by atoms with E-state index in [-0.39, 0.29) is 6.54 Å². The molecular formula is C18H22N2O6. The third kappa shape index (κ3) is 3.36. The summed E-state index contributed by atoms with van der Waals surface area (Å²) < 4.78 is 7.52. The van der Waals surface area contributed by atoms with Crippen LogP contribution in [0, 0.1) is 6.92 Å². The molecule has 1 saturated heterocycles. The monoisotopic (exact) mass is 362 g/mol. The highest BCUT2D eigenvalue weighted by Crippen LogP contribution is 2.27. The first-order valence-corrected chi connectivity index (χ1v) is 8.43. The van der Waals surface area contributed by atoms with Crippen molar-refractivity contribution in [2.24, 2.45) is 0 Å². The zero-order valence-electron chi connectivity index (χ0n) is 14.4. The van der Waals surface area contributed by atoms with Crippen LogP contribution >= 0.6 is 0 Å². The number of aryl methyl sites for hydroxylation is 2. The summed E-state index contributed by atoms with van der Waals surface area (Å²) in [6, 6.07) is 8.93. The lowest BCUT2D eigenvalue weighted by Crippen LogP contribution is -2.43. The van der Waals surface area contributed by atoms with Crippen LogP contribution in [-0.2, 0) is 17.7 Å². The van der Waals surface area contributed by atoms with Crippen LogP contribution in [0.5, 0.6) is 0 Å². The van der Waals surface area contributed by atoms with Gasteiger partial charge in [0.25, 0.3) is 5.56 Å². The average molecular weight is 362 g/mol. The quantitative estimate of drug-likeness (QED) is 0.640. The number of nitrogens with zero attached hydrogens (tertiary/aromatic N) is 2. The molecule has 1 aromatic heterocycles. The van der Waals surface area contributed by atoms with Gasteiger partial charge in [-0.15, -0.1) is 0 Å². The van der Waals surface area contributed by atoms with Crippen LogP contribution in [0.25, 0.3) is 0 Å². The maximum Gasteiger partial charge on any atom is 0.333 e. The van der Waals surface area contributed by atoms with Crippen LogP contribution < -0.4 is 11.2 Å². The zero-order valence-corrected chi connectivity index (χ0v) is 14.4. The third-order valence-corrected chi connectivity index (χ3v) is 4.75. The molecule has 26 heavy (non-hydrogen) atoms. The number of hydrogen-bond acceptors (Lipinski definition) is 6. The van der Waals surface area contributed by atoms with E-state index in [2.05, 4.69) is 0 Å². The van der Waals surface area contributed by atoms with Crippen molar-refractivity contribution in [3.8, 4) is 0 Å². The Labute approximate surface area is 149 Å². The summed E-state index contributed by atoms with van der Waals surface area (Å²) in [5.41, 5.74) is 1.01. The molecule has 1 aromatic carbocycles. The van der Waals surface area contributed by atoms with Gasteiger partial charge in [0.15, 0.2) is 6.23 Å². The molecule has 2 aromatic rings. The molecule has 2 heterocycles. The molecule has 140 valence electrons. The number of ether oxygens (including phenoxy) is 1. The third-order valence-electron chi connectivity index (χ3n) is 4.75. The molecule has 3 N–H and O–H groups in total. The van der Waals surface area contributed by atoms with Crippen molar-refractivity contribution in [1.82, 2.24) is 9.13 Å². The second kappa shape index (κ2) is 7.55. The Kier molecular flexibility index (Phi) is 5.38. The molecule has 8 heteroatoms. The smallest absolute Gasteiger partial charge is 0.333 e. The van der Waals surface area contributed by atoms with Crippen LogP contribution in [0.1, 0.15) is 17.4 Å². The van der Waals surface area contributed by atoms with Gasteiger partial charge in [-0.25, -0.2) is 4.79 Å². The second-order valence-corrected chi connectivity index (χ2v) is 6.40. The zero-order chi connectivity index (χ0) is 18.8. The first-order valence-electron chi connectivity index (χ1n) is 8.43. The van der Waals surface area contributed by atoms with E-state index in [0.29, 0.717) is 6.42 Å². The van der Waals surface area contributed by atoms with E-state index in [1.54, 1.807) is 0 Å². The van der Waals surface area contributed by atoms with Gasteiger partial charge in [-0.3, -0.25) is 13.9 Å². The summed E-state index contributed by atoms with van der Waals surface area (Å²) in [5.74, 6) is 0. The summed E-state index contributed by atoms with van der Waals surface area (Å²) >= 11 is 0. The van der Waals surface area contributed by atoms with Crippen molar-refractivity contribution in [3.63, 3.8) is 0 Å². The van der Waals surface area contributed by atoms with E-state index < -0.39 is 42.4 Å². The van der Waals surface area contributed by atoms with Gasteiger partial charge >= 0.3 is 5.69 Å². The van der Waals surface area contributed by atoms with Gasteiger partial charge in [-0.2, -0.15) is 0 Å². The summed E-state index contributed by atoms with van der Waals surface area (Å²) in [7, 11) is 0. The molecule has 0 saturated carbocycles. The van der Waals surface area contributed by atoms with Gasteiger partial charge < -0.3 is 20.1 Å². The Morgan fingerprint density at radius 1 is 1.12 bits per heavy atom. The fourth-order valence-electron chi connectivity index (χ4n) is 3.16. The Morgan fingerprint density at radius 2 is 1.85 bits per heavy atom. The predicted octanol–water partition coefficient (Wildman–Crippen LogP) is -0.827. The molecule has 8 nitrogen and oxygen atoms in total. The van der Waals surface area contributed by atoms with Crippen molar-refractivity contribution in [1.29, 1.82) is 0 Å². The largest absolute Gasteiger partial charge is 0.394 e. The van der Waals surface area contributed by atoms with Gasteiger partial charge in [0.05, 0.1) is 6.61 Å². The van der Waals surface area contributed by atoms with Gasteiger partial charge in [-0.05, 0) is 24.5 Å².